The predicted octanol–water partition coefficient (Wildman–Crippen LogP) is 3.24. The number of nitrogens with zero attached hydrogens (tertiary/aromatic N) is 1. The summed E-state index contributed by atoms with van der Waals surface area (Å²) in [4.78, 5) is 13.9. The van der Waals surface area contributed by atoms with Gasteiger partial charge in [-0.25, -0.2) is 0 Å². The summed E-state index contributed by atoms with van der Waals surface area (Å²) in [5, 5.41) is 3.61. The molecule has 0 aliphatic carbocycles. The van der Waals surface area contributed by atoms with Gasteiger partial charge in [-0.05, 0) is 37.7 Å². The number of carbonyl (C=O) groups excluding carboxylic acids is 1. The smallest absolute Gasteiger partial charge is 0.234 e. The van der Waals surface area contributed by atoms with Crippen LogP contribution in [0.5, 0.6) is 0 Å². The first-order valence-electron chi connectivity index (χ1n) is 6.81. The van der Waals surface area contributed by atoms with Gasteiger partial charge in [0.15, 0.2) is 0 Å². The van der Waals surface area contributed by atoms with Gasteiger partial charge in [0, 0.05) is 5.02 Å². The van der Waals surface area contributed by atoms with Gasteiger partial charge in [-0.1, -0.05) is 29.8 Å². The number of hydrogen-bond donors (Lipinski definition) is 1. The standard InChI is InChI=1S/C16H19ClN2O2/c1-12(14-7-3-4-8-15(14)17)18-16(20)11-19(2)10-13-6-5-9-21-13/h3-9,12H,10-11H2,1-2H3,(H,18,20)/t12-/m1/s1. The number of hydrogen-bond acceptors (Lipinski definition) is 3. The van der Waals surface area contributed by atoms with E-state index in [9.17, 15) is 4.79 Å². The van der Waals surface area contributed by atoms with Crippen molar-refractivity contribution in [2.24, 2.45) is 0 Å². The fraction of sp³-hybridized carbons (Fsp3) is 0.312. The number of nitrogens with one attached hydrogen (secondary N) is 1. The second-order valence-electron chi connectivity index (χ2n) is 5.06. The third-order valence-electron chi connectivity index (χ3n) is 3.17. The molecule has 1 heterocycles. The highest BCUT2D eigenvalue weighted by atomic mass is 35.5. The first kappa shape index (κ1) is 15.6. The van der Waals surface area contributed by atoms with E-state index in [1.54, 1.807) is 6.26 Å². The molecule has 21 heavy (non-hydrogen) atoms. The molecule has 5 heteroatoms. The van der Waals surface area contributed by atoms with Crippen LogP contribution in [-0.4, -0.2) is 24.4 Å². The van der Waals surface area contributed by atoms with Crippen LogP contribution in [0, 0.1) is 0 Å². The average molecular weight is 307 g/mol. The second kappa shape index (κ2) is 7.29. The number of halogens is 1. The molecule has 2 rings (SSSR count). The topological polar surface area (TPSA) is 45.5 Å². The Morgan fingerprint density at radius 2 is 2.10 bits per heavy atom. The summed E-state index contributed by atoms with van der Waals surface area (Å²) in [6.07, 6.45) is 1.63. The third kappa shape index (κ3) is 4.62. The molecule has 1 amide bonds. The summed E-state index contributed by atoms with van der Waals surface area (Å²) in [6.45, 7) is 2.82. The normalized spacial score (nSPS) is 12.4. The summed E-state index contributed by atoms with van der Waals surface area (Å²) in [7, 11) is 1.88. The van der Waals surface area contributed by atoms with Crippen LogP contribution in [0.2, 0.25) is 5.02 Å². The number of rotatable bonds is 6. The maximum Gasteiger partial charge on any atom is 0.234 e. The van der Waals surface area contributed by atoms with Gasteiger partial charge in [-0.2, -0.15) is 0 Å². The highest BCUT2D eigenvalue weighted by Crippen LogP contribution is 2.21. The van der Waals surface area contributed by atoms with Crippen molar-refractivity contribution in [3.05, 3.63) is 59.0 Å². The van der Waals surface area contributed by atoms with Gasteiger partial charge in [0.05, 0.1) is 25.4 Å². The Hall–Kier alpha value is -1.78. The molecule has 112 valence electrons. The Morgan fingerprint density at radius 3 is 2.76 bits per heavy atom. The van der Waals surface area contributed by atoms with Gasteiger partial charge in [0.25, 0.3) is 0 Å². The summed E-state index contributed by atoms with van der Waals surface area (Å²) in [5.41, 5.74) is 0.918. The average Bonchev–Trinajstić information content (AvgIpc) is 2.91. The molecule has 0 aliphatic rings. The van der Waals surface area contributed by atoms with Crippen molar-refractivity contribution in [2.75, 3.05) is 13.6 Å². The molecule has 0 unspecified atom stereocenters. The molecule has 0 spiro atoms. The van der Waals surface area contributed by atoms with E-state index in [1.165, 1.54) is 0 Å². The fourth-order valence-corrected chi connectivity index (χ4v) is 2.46. The van der Waals surface area contributed by atoms with Crippen molar-refractivity contribution in [3.63, 3.8) is 0 Å². The molecular weight excluding hydrogens is 288 g/mol. The van der Waals surface area contributed by atoms with Crippen LogP contribution in [0.25, 0.3) is 0 Å². The molecule has 0 saturated heterocycles. The molecule has 0 saturated carbocycles. The Kier molecular flexibility index (Phi) is 5.42. The van der Waals surface area contributed by atoms with Crippen molar-refractivity contribution in [3.8, 4) is 0 Å². The van der Waals surface area contributed by atoms with Gasteiger partial charge >= 0.3 is 0 Å². The minimum atomic E-state index is -0.122. The summed E-state index contributed by atoms with van der Waals surface area (Å²) in [6, 6.07) is 11.1. The molecule has 2 aromatic rings. The lowest BCUT2D eigenvalue weighted by atomic mass is 10.1. The molecule has 1 atom stereocenters. The van der Waals surface area contributed by atoms with Crippen molar-refractivity contribution in [1.82, 2.24) is 10.2 Å². The second-order valence-corrected chi connectivity index (χ2v) is 5.47. The van der Waals surface area contributed by atoms with E-state index in [-0.39, 0.29) is 11.9 Å². The largest absolute Gasteiger partial charge is 0.468 e. The lowest BCUT2D eigenvalue weighted by molar-refractivity contribution is -0.122. The zero-order chi connectivity index (χ0) is 15.2. The first-order valence-corrected chi connectivity index (χ1v) is 7.19. The Morgan fingerprint density at radius 1 is 1.33 bits per heavy atom. The van der Waals surface area contributed by atoms with Crippen LogP contribution < -0.4 is 5.32 Å². The van der Waals surface area contributed by atoms with Gasteiger partial charge in [0.1, 0.15) is 5.76 Å². The lowest BCUT2D eigenvalue weighted by Crippen LogP contribution is -2.36. The monoisotopic (exact) mass is 306 g/mol. The predicted molar refractivity (Wildman–Crippen MR) is 83.1 cm³/mol. The lowest BCUT2D eigenvalue weighted by Gasteiger charge is -2.19. The Bertz CT molecular complexity index is 584. The molecule has 1 N–H and O–H groups in total. The van der Waals surface area contributed by atoms with Crippen LogP contribution >= 0.6 is 11.6 Å². The summed E-state index contributed by atoms with van der Waals surface area (Å²) in [5.74, 6) is 0.793. The third-order valence-corrected chi connectivity index (χ3v) is 3.51. The van der Waals surface area contributed by atoms with E-state index in [2.05, 4.69) is 5.32 Å². The highest BCUT2D eigenvalue weighted by Gasteiger charge is 2.14. The van der Waals surface area contributed by atoms with Crippen molar-refractivity contribution in [2.45, 2.75) is 19.5 Å². The molecule has 1 aromatic heterocycles. The zero-order valence-electron chi connectivity index (χ0n) is 12.2. The van der Waals surface area contributed by atoms with E-state index < -0.39 is 0 Å². The number of likely N-dealkylation sites (N-methyl/N-ethyl adjacent to an activating group) is 1. The highest BCUT2D eigenvalue weighted by molar-refractivity contribution is 6.31. The summed E-state index contributed by atoms with van der Waals surface area (Å²) >= 11 is 6.13. The zero-order valence-corrected chi connectivity index (χ0v) is 12.9. The number of amides is 1. The van der Waals surface area contributed by atoms with Gasteiger partial charge in [-0.3, -0.25) is 9.69 Å². The number of benzene rings is 1. The number of carbonyl (C=O) groups is 1. The molecule has 1 aromatic carbocycles. The van der Waals surface area contributed by atoms with Crippen LogP contribution in [0.3, 0.4) is 0 Å². The van der Waals surface area contributed by atoms with E-state index >= 15 is 0 Å². The molecule has 0 radical (unpaired) electrons. The van der Waals surface area contributed by atoms with E-state index in [1.807, 2.05) is 55.3 Å². The van der Waals surface area contributed by atoms with Crippen LogP contribution in [0.15, 0.2) is 47.1 Å². The molecule has 0 bridgehead atoms. The first-order chi connectivity index (χ1) is 10.1. The van der Waals surface area contributed by atoms with Crippen LogP contribution in [0.1, 0.15) is 24.3 Å². The van der Waals surface area contributed by atoms with Crippen molar-refractivity contribution < 1.29 is 9.21 Å². The molecule has 4 nitrogen and oxygen atoms in total. The Labute approximate surface area is 129 Å². The number of furan rings is 1. The van der Waals surface area contributed by atoms with Crippen LogP contribution in [-0.2, 0) is 11.3 Å². The van der Waals surface area contributed by atoms with E-state index in [0.29, 0.717) is 18.1 Å². The van der Waals surface area contributed by atoms with Crippen molar-refractivity contribution >= 4 is 17.5 Å². The quantitative estimate of drug-likeness (QED) is 0.891. The van der Waals surface area contributed by atoms with E-state index in [0.717, 1.165) is 11.3 Å². The minimum Gasteiger partial charge on any atom is -0.468 e. The van der Waals surface area contributed by atoms with Crippen LogP contribution in [0.4, 0.5) is 0 Å². The SMILES string of the molecule is C[C@@H](NC(=O)CN(C)Cc1ccco1)c1ccccc1Cl. The molecule has 0 fully saturated rings. The van der Waals surface area contributed by atoms with E-state index in [4.69, 9.17) is 16.0 Å². The fourth-order valence-electron chi connectivity index (χ4n) is 2.16. The Balaban J connectivity index is 1.85. The van der Waals surface area contributed by atoms with Gasteiger partial charge in [0.2, 0.25) is 5.91 Å². The van der Waals surface area contributed by atoms with Gasteiger partial charge in [-0.15, -0.1) is 0 Å². The minimum absolute atomic E-state index is 0.0449. The maximum absolute atomic E-state index is 12.1. The maximum atomic E-state index is 12.1. The molecule has 0 aliphatic heterocycles. The molecular formula is C16H19ClN2O2. The summed E-state index contributed by atoms with van der Waals surface area (Å²) < 4.78 is 5.26. The van der Waals surface area contributed by atoms with Crippen molar-refractivity contribution in [1.29, 1.82) is 0 Å². The van der Waals surface area contributed by atoms with Gasteiger partial charge < -0.3 is 9.73 Å².